The molecule has 100 valence electrons. The lowest BCUT2D eigenvalue weighted by Crippen LogP contribution is -2.51. The van der Waals surface area contributed by atoms with E-state index in [1.165, 1.54) is 6.34 Å². The molecule has 0 aliphatic heterocycles. The molecule has 0 fully saturated rings. The van der Waals surface area contributed by atoms with Crippen molar-refractivity contribution in [2.75, 3.05) is 25.6 Å². The molecular weight excluding hydrogens is 233 g/mol. The molecule has 0 bridgehead atoms. The maximum Gasteiger partial charge on any atom is 0.127 e. The van der Waals surface area contributed by atoms with Gasteiger partial charge in [-0.05, 0) is 19.1 Å². The summed E-state index contributed by atoms with van der Waals surface area (Å²) in [4.78, 5) is 5.90. The molecule has 0 saturated carbocycles. The van der Waals surface area contributed by atoms with E-state index in [1.807, 2.05) is 25.1 Å². The molecule has 0 radical (unpaired) electrons. The Hall–Kier alpha value is -1.69. The summed E-state index contributed by atoms with van der Waals surface area (Å²) in [5.41, 5.74) is 0. The van der Waals surface area contributed by atoms with Gasteiger partial charge in [0.2, 0.25) is 0 Å². The summed E-state index contributed by atoms with van der Waals surface area (Å²) in [5.74, 6) is 0.727. The van der Waals surface area contributed by atoms with E-state index >= 15 is 0 Å². The summed E-state index contributed by atoms with van der Waals surface area (Å²) in [6.45, 7) is 1.83. The van der Waals surface area contributed by atoms with Gasteiger partial charge in [-0.25, -0.2) is 9.37 Å². The molecule has 2 unspecified atom stereocenters. The number of halogens is 1. The lowest BCUT2D eigenvalue weighted by atomic mass is 10.2. The van der Waals surface area contributed by atoms with Crippen molar-refractivity contribution in [1.82, 2.24) is 15.2 Å². The molecular formula is C12H20FN5. The standard InChI is InChI=1S/C12H20FN5/c1-10(15-8-6-13)12(18(2)9-14)17-11-5-3-4-7-16-11/h3-5,7,9-10,12,14-15H,6,8H2,1-2H3,(H,16,17). The van der Waals surface area contributed by atoms with E-state index in [4.69, 9.17) is 5.41 Å². The quantitative estimate of drug-likeness (QED) is 0.371. The largest absolute Gasteiger partial charge is 0.349 e. The first kappa shape index (κ1) is 14.4. The van der Waals surface area contributed by atoms with E-state index in [0.717, 1.165) is 5.82 Å². The Labute approximate surface area is 107 Å². The third-order valence-corrected chi connectivity index (χ3v) is 2.64. The van der Waals surface area contributed by atoms with Gasteiger partial charge >= 0.3 is 0 Å². The highest BCUT2D eigenvalue weighted by Gasteiger charge is 2.19. The predicted octanol–water partition coefficient (Wildman–Crippen LogP) is 1.31. The normalized spacial score (nSPS) is 13.7. The molecule has 1 heterocycles. The van der Waals surface area contributed by atoms with Gasteiger partial charge in [0.1, 0.15) is 18.7 Å². The van der Waals surface area contributed by atoms with Crippen LogP contribution in [-0.4, -0.2) is 48.7 Å². The van der Waals surface area contributed by atoms with E-state index < -0.39 is 6.67 Å². The van der Waals surface area contributed by atoms with Crippen LogP contribution in [0.25, 0.3) is 0 Å². The number of nitrogens with one attached hydrogen (secondary N) is 3. The molecule has 2 atom stereocenters. The minimum Gasteiger partial charge on any atom is -0.349 e. The maximum atomic E-state index is 12.2. The lowest BCUT2D eigenvalue weighted by molar-refractivity contribution is 0.314. The number of hydrogen-bond donors (Lipinski definition) is 3. The molecule has 1 rings (SSSR count). The predicted molar refractivity (Wildman–Crippen MR) is 71.6 cm³/mol. The van der Waals surface area contributed by atoms with Gasteiger partial charge in [0.25, 0.3) is 0 Å². The molecule has 1 aromatic rings. The van der Waals surface area contributed by atoms with Crippen molar-refractivity contribution in [3.8, 4) is 0 Å². The molecule has 0 aliphatic rings. The Morgan fingerprint density at radius 2 is 2.33 bits per heavy atom. The average Bonchev–Trinajstić information content (AvgIpc) is 2.42. The smallest absolute Gasteiger partial charge is 0.127 e. The number of hydrogen-bond acceptors (Lipinski definition) is 4. The SMILES string of the molecule is CC(NCCF)C(Nc1ccccn1)N(C)C=N. The summed E-state index contributed by atoms with van der Waals surface area (Å²) in [7, 11) is 1.79. The van der Waals surface area contributed by atoms with Crippen molar-refractivity contribution in [2.24, 2.45) is 0 Å². The highest BCUT2D eigenvalue weighted by atomic mass is 19.1. The summed E-state index contributed by atoms with van der Waals surface area (Å²) in [5, 5.41) is 13.6. The zero-order valence-electron chi connectivity index (χ0n) is 10.7. The van der Waals surface area contributed by atoms with Crippen molar-refractivity contribution in [1.29, 1.82) is 5.41 Å². The van der Waals surface area contributed by atoms with Crippen LogP contribution in [0.1, 0.15) is 6.92 Å². The number of alkyl halides is 1. The van der Waals surface area contributed by atoms with Crippen LogP contribution in [-0.2, 0) is 0 Å². The van der Waals surface area contributed by atoms with E-state index in [2.05, 4.69) is 15.6 Å². The highest BCUT2D eigenvalue weighted by Crippen LogP contribution is 2.07. The summed E-state index contributed by atoms with van der Waals surface area (Å²) >= 11 is 0. The zero-order valence-corrected chi connectivity index (χ0v) is 10.7. The number of aromatic nitrogens is 1. The Kier molecular flexibility index (Phi) is 6.07. The van der Waals surface area contributed by atoms with Crippen LogP contribution in [0.4, 0.5) is 10.2 Å². The Balaban J connectivity index is 2.69. The minimum absolute atomic E-state index is 0.0191. The van der Waals surface area contributed by atoms with E-state index in [9.17, 15) is 4.39 Å². The summed E-state index contributed by atoms with van der Waals surface area (Å²) in [6, 6.07) is 5.56. The molecule has 0 spiro atoms. The monoisotopic (exact) mass is 253 g/mol. The Morgan fingerprint density at radius 1 is 1.56 bits per heavy atom. The molecule has 1 aromatic heterocycles. The van der Waals surface area contributed by atoms with E-state index in [0.29, 0.717) is 6.54 Å². The van der Waals surface area contributed by atoms with Gasteiger partial charge in [-0.15, -0.1) is 0 Å². The zero-order chi connectivity index (χ0) is 13.4. The number of nitrogens with zero attached hydrogens (tertiary/aromatic N) is 2. The first-order valence-corrected chi connectivity index (χ1v) is 5.88. The molecule has 0 amide bonds. The Morgan fingerprint density at radius 3 is 2.89 bits per heavy atom. The highest BCUT2D eigenvalue weighted by molar-refractivity contribution is 5.52. The number of likely N-dealkylation sites (N-methyl/N-ethyl adjacent to an activating group) is 1. The van der Waals surface area contributed by atoms with Crippen LogP contribution < -0.4 is 10.6 Å². The average molecular weight is 253 g/mol. The number of pyridine rings is 1. The number of rotatable bonds is 8. The summed E-state index contributed by atoms with van der Waals surface area (Å²) in [6.07, 6.45) is 2.77. The fourth-order valence-corrected chi connectivity index (χ4v) is 1.65. The molecule has 6 heteroatoms. The van der Waals surface area contributed by atoms with Crippen LogP contribution in [0, 0.1) is 5.41 Å². The maximum absolute atomic E-state index is 12.2. The molecule has 0 aliphatic carbocycles. The third kappa shape index (κ3) is 4.29. The third-order valence-electron chi connectivity index (χ3n) is 2.64. The van der Waals surface area contributed by atoms with Gasteiger partial charge in [0.15, 0.2) is 0 Å². The molecule has 0 aromatic carbocycles. The van der Waals surface area contributed by atoms with Gasteiger partial charge in [-0.3, -0.25) is 5.41 Å². The van der Waals surface area contributed by atoms with Crippen LogP contribution in [0.5, 0.6) is 0 Å². The topological polar surface area (TPSA) is 64.0 Å². The van der Waals surface area contributed by atoms with Gasteiger partial charge in [-0.2, -0.15) is 0 Å². The summed E-state index contributed by atoms with van der Waals surface area (Å²) < 4.78 is 12.2. The van der Waals surface area contributed by atoms with Gasteiger partial charge in [0.05, 0.1) is 6.34 Å². The second-order valence-electron chi connectivity index (χ2n) is 4.03. The van der Waals surface area contributed by atoms with Gasteiger partial charge < -0.3 is 15.5 Å². The first-order valence-electron chi connectivity index (χ1n) is 5.88. The van der Waals surface area contributed by atoms with Crippen molar-refractivity contribution in [3.05, 3.63) is 24.4 Å². The molecule has 5 nitrogen and oxygen atoms in total. The minimum atomic E-state index is -0.408. The van der Waals surface area contributed by atoms with Crippen LogP contribution in [0.3, 0.4) is 0 Å². The second kappa shape index (κ2) is 7.60. The van der Waals surface area contributed by atoms with Crippen LogP contribution in [0.2, 0.25) is 0 Å². The van der Waals surface area contributed by atoms with E-state index in [1.54, 1.807) is 18.1 Å². The van der Waals surface area contributed by atoms with Crippen LogP contribution in [0.15, 0.2) is 24.4 Å². The number of anilines is 1. The lowest BCUT2D eigenvalue weighted by Gasteiger charge is -2.32. The Bertz CT molecular complexity index is 346. The van der Waals surface area contributed by atoms with E-state index in [-0.39, 0.29) is 12.2 Å². The van der Waals surface area contributed by atoms with Crippen molar-refractivity contribution in [2.45, 2.75) is 19.1 Å². The van der Waals surface area contributed by atoms with Crippen molar-refractivity contribution < 1.29 is 4.39 Å². The molecule has 3 N–H and O–H groups in total. The van der Waals surface area contributed by atoms with Crippen molar-refractivity contribution in [3.63, 3.8) is 0 Å². The van der Waals surface area contributed by atoms with Gasteiger partial charge in [-0.1, -0.05) is 6.07 Å². The molecule has 0 saturated heterocycles. The van der Waals surface area contributed by atoms with Gasteiger partial charge in [0, 0.05) is 25.8 Å². The fraction of sp³-hybridized carbons (Fsp3) is 0.500. The first-order chi connectivity index (χ1) is 8.69. The van der Waals surface area contributed by atoms with Crippen LogP contribution >= 0.6 is 0 Å². The molecule has 18 heavy (non-hydrogen) atoms. The second-order valence-corrected chi connectivity index (χ2v) is 4.03. The fourth-order valence-electron chi connectivity index (χ4n) is 1.65. The van der Waals surface area contributed by atoms with Crippen molar-refractivity contribution >= 4 is 12.2 Å².